The van der Waals surface area contributed by atoms with Crippen molar-refractivity contribution in [2.24, 2.45) is 0 Å². The smallest absolute Gasteiger partial charge is 0.0725 e. The van der Waals surface area contributed by atoms with E-state index in [1.54, 1.807) is 0 Å². The minimum absolute atomic E-state index is 0.0732. The maximum absolute atomic E-state index is 10.1. The molecule has 0 aromatic heterocycles. The molecule has 1 atom stereocenters. The molecule has 0 amide bonds. The van der Waals surface area contributed by atoms with E-state index < -0.39 is 232 Å². The van der Waals surface area contributed by atoms with Gasteiger partial charge < -0.3 is 4.90 Å². The number of para-hydroxylation sites is 1. The summed E-state index contributed by atoms with van der Waals surface area (Å²) in [4.78, 5) is 0.752. The second kappa shape index (κ2) is 13.4. The van der Waals surface area contributed by atoms with Crippen molar-refractivity contribution in [2.75, 3.05) is 4.90 Å². The average Bonchev–Trinajstić information content (AvgIpc) is 1.50. The second-order valence-electron chi connectivity index (χ2n) is 15.1. The molecule has 0 bridgehead atoms. The van der Waals surface area contributed by atoms with Crippen molar-refractivity contribution in [2.45, 2.75) is 24.5 Å². The Hall–Kier alpha value is -7.74. The van der Waals surface area contributed by atoms with Crippen LogP contribution in [0.3, 0.4) is 0 Å². The number of hydrogen-bond donors (Lipinski definition) is 0. The van der Waals surface area contributed by atoms with Crippen LogP contribution >= 0.6 is 0 Å². The summed E-state index contributed by atoms with van der Waals surface area (Å²) >= 11 is 0. The van der Waals surface area contributed by atoms with Crippen molar-refractivity contribution < 1.29 is 43.9 Å². The molecule has 1 spiro atoms. The first-order chi connectivity index (χ1) is 44.3. The van der Waals surface area contributed by atoms with E-state index in [9.17, 15) is 17.8 Å². The lowest BCUT2D eigenvalue weighted by Crippen LogP contribution is -2.25. The van der Waals surface area contributed by atoms with Gasteiger partial charge >= 0.3 is 0 Å². The van der Waals surface area contributed by atoms with Crippen LogP contribution in [-0.2, 0) is 10.8 Å². The van der Waals surface area contributed by atoms with E-state index in [1.165, 1.54) is 30.3 Å². The summed E-state index contributed by atoms with van der Waals surface area (Å²) < 4.78 is 296. The first kappa shape index (κ1) is 16.5. The lowest BCUT2D eigenvalue weighted by atomic mass is 9.70. The van der Waals surface area contributed by atoms with Gasteiger partial charge in [-0.15, -0.1) is 0 Å². The van der Waals surface area contributed by atoms with Crippen LogP contribution in [0.25, 0.3) is 66.4 Å². The van der Waals surface area contributed by atoms with Crippen molar-refractivity contribution in [3.63, 3.8) is 0 Å². The third-order valence-electron chi connectivity index (χ3n) is 12.1. The van der Waals surface area contributed by atoms with E-state index in [4.69, 9.17) is 26.0 Å². The molecule has 1 nitrogen and oxygen atoms in total. The lowest BCUT2D eigenvalue weighted by Gasteiger charge is -2.30. The molecule has 0 N–H and O–H groups in total. The molecule has 0 radical (unpaired) electrons. The van der Waals surface area contributed by atoms with Crippen LogP contribution in [0.4, 0.5) is 17.1 Å². The summed E-state index contributed by atoms with van der Waals surface area (Å²) in [5.74, 6) is 0. The maximum Gasteiger partial charge on any atom is 0.0725 e. The normalized spacial score (nSPS) is 23.2. The van der Waals surface area contributed by atoms with Gasteiger partial charge in [0.05, 0.1) is 41.1 Å². The topological polar surface area (TPSA) is 3.24 Å². The van der Waals surface area contributed by atoms with E-state index in [0.29, 0.717) is 0 Å². The number of nitrogens with zero attached hydrogens (tertiary/aromatic N) is 1. The average molecular weight is 834 g/mol. The van der Waals surface area contributed by atoms with Crippen LogP contribution in [0.15, 0.2) is 224 Å². The second-order valence-corrected chi connectivity index (χ2v) is 15.1. The number of benzene rings is 10. The van der Waals surface area contributed by atoms with Gasteiger partial charge in [-0.3, -0.25) is 0 Å². The van der Waals surface area contributed by atoms with Gasteiger partial charge in [-0.2, -0.15) is 0 Å². The Morgan fingerprint density at radius 2 is 1.06 bits per heavy atom. The monoisotopic (exact) mass is 834 g/mol. The van der Waals surface area contributed by atoms with Crippen molar-refractivity contribution >= 4 is 27.8 Å². The first-order valence-electron chi connectivity index (χ1n) is 35.5. The van der Waals surface area contributed by atoms with Gasteiger partial charge in [0.2, 0.25) is 0 Å². The molecule has 0 aliphatic heterocycles. The fourth-order valence-electron chi connectivity index (χ4n) is 9.61. The van der Waals surface area contributed by atoms with E-state index in [1.807, 2.05) is 0 Å². The lowest BCUT2D eigenvalue weighted by molar-refractivity contribution is 0.660. The van der Waals surface area contributed by atoms with Crippen LogP contribution in [0, 0.1) is 0 Å². The highest BCUT2D eigenvalue weighted by molar-refractivity contribution is 6.10. The Morgan fingerprint density at radius 1 is 0.381 bits per heavy atom. The number of hydrogen-bond acceptors (Lipinski definition) is 1. The molecule has 3 aliphatic rings. The van der Waals surface area contributed by atoms with Crippen LogP contribution in [0.2, 0.25) is 0 Å². The van der Waals surface area contributed by atoms with Gasteiger partial charge in [-0.1, -0.05) is 201 Å². The highest BCUT2D eigenvalue weighted by Crippen LogP contribution is 2.64. The predicted octanol–water partition coefficient (Wildman–Crippen LogP) is 16.3. The summed E-state index contributed by atoms with van der Waals surface area (Å²) in [7, 11) is 0. The van der Waals surface area contributed by atoms with Crippen molar-refractivity contribution in [1.82, 2.24) is 0 Å². The fourth-order valence-corrected chi connectivity index (χ4v) is 9.61. The molecular formula is C62H43N. The Kier molecular flexibility index (Phi) is 3.51. The summed E-state index contributed by atoms with van der Waals surface area (Å²) in [6, 6.07) is -7.89. The highest BCUT2D eigenvalue weighted by atomic mass is 15.1. The summed E-state index contributed by atoms with van der Waals surface area (Å²) in [5, 5.41) is -0.542. The predicted molar refractivity (Wildman–Crippen MR) is 263 cm³/mol. The minimum Gasteiger partial charge on any atom is -0.310 e. The largest absolute Gasteiger partial charge is 0.310 e. The van der Waals surface area contributed by atoms with Crippen LogP contribution in [0.1, 0.15) is 90.9 Å². The molecule has 10 aromatic rings. The molecule has 10 aromatic carbocycles. The van der Waals surface area contributed by atoms with E-state index in [-0.39, 0.29) is 66.9 Å². The van der Waals surface area contributed by atoms with E-state index in [2.05, 4.69) is 0 Å². The van der Waals surface area contributed by atoms with Crippen molar-refractivity contribution in [3.05, 3.63) is 257 Å². The molecule has 296 valence electrons. The quantitative estimate of drug-likeness (QED) is 0.167. The molecule has 63 heavy (non-hydrogen) atoms. The SMILES string of the molecule is [2H]c1ccc2c(c1)C1(c3cc([2H])c([2H])c([2H])c3-c3c1cc([2H])c([2H])c3-c1c(-c3cc(N(c4ccc5c(c4)C(C([2H])([2H])[2H])(C([2H])([2H])[2H])c4c([2H])c([2H])c([2H])c([2H])c4-5)c4c([2H])c([2H])c([2H])c([2H])c4[2H])c([2H])c([2H])c3[2H])c([2H])c([2H])c3cc([2H])c([2H])cc13)c1c([2H])c([2H])c([2H])c([2H])c1-2. The number of anilines is 3. The minimum atomic E-state index is -3.73. The van der Waals surface area contributed by atoms with E-state index in [0.717, 1.165) is 41.3 Å². The van der Waals surface area contributed by atoms with Gasteiger partial charge in [0, 0.05) is 30.7 Å². The zero-order chi connectivity index (χ0) is 69.5. The Labute approximate surface area is 414 Å². The molecule has 0 saturated carbocycles. The van der Waals surface area contributed by atoms with Crippen LogP contribution in [0.5, 0.6) is 0 Å². The Bertz CT molecular complexity index is 5220. The highest BCUT2D eigenvalue weighted by Gasteiger charge is 2.52. The van der Waals surface area contributed by atoms with Crippen molar-refractivity contribution in [3.8, 4) is 55.6 Å². The summed E-state index contributed by atoms with van der Waals surface area (Å²) in [6.07, 6.45) is 0. The standard InChI is InChI=1S/C62H43N/c1-61(2)53-29-12-8-24-47(53)50-37-35-44(39-58(50)61)63(42-20-4-3-5-21-42)43-22-16-19-41(38-43)46-36-34-40-18-6-7-23-45(40)59(46)52-28-17-33-57-60(52)51-27-11-15-32-56(51)62(57)54-30-13-9-25-48(54)49-26-10-14-31-55(49)62/h3-39H,1-2H3/i1D3,2D3,3D,4D,5D,6D,7D,8D,9D,11D,12D,13D,14D,15D,16D,17D,19D,20D,21D,22D,24D,25D,27D,28D,29D,30D,34D,36D. The third kappa shape index (κ3) is 4.94. The number of rotatable bonds is 5. The molecule has 0 saturated heterocycles. The third-order valence-corrected chi connectivity index (χ3v) is 12.1. The number of fused-ring (bicyclic) bond motifs is 14. The zero-order valence-electron chi connectivity index (χ0n) is 64.3. The van der Waals surface area contributed by atoms with Crippen LogP contribution < -0.4 is 4.90 Å². The summed E-state index contributed by atoms with van der Waals surface area (Å²) in [6.45, 7) is -7.45. The Morgan fingerprint density at radius 3 is 1.95 bits per heavy atom. The maximum atomic E-state index is 10.1. The molecular weight excluding hydrogens is 759 g/mol. The zero-order valence-corrected chi connectivity index (χ0v) is 32.3. The molecule has 13 rings (SSSR count). The van der Waals surface area contributed by atoms with Gasteiger partial charge in [0.25, 0.3) is 0 Å². The van der Waals surface area contributed by atoms with E-state index >= 15 is 0 Å². The van der Waals surface area contributed by atoms with Gasteiger partial charge in [-0.05, 0) is 136 Å². The van der Waals surface area contributed by atoms with Crippen LogP contribution in [-0.4, -0.2) is 0 Å². The molecule has 1 unspecified atom stereocenters. The molecule has 0 heterocycles. The first-order valence-corrected chi connectivity index (χ1v) is 19.5. The summed E-state index contributed by atoms with van der Waals surface area (Å²) in [5.41, 5.74) is -13.0. The fraction of sp³-hybridized carbons (Fsp3) is 0.0645. The molecule has 3 aliphatic carbocycles. The Balaban J connectivity index is 1.21. The molecule has 0 fully saturated rings. The van der Waals surface area contributed by atoms with Gasteiger partial charge in [-0.25, -0.2) is 0 Å². The van der Waals surface area contributed by atoms with Crippen molar-refractivity contribution in [1.29, 1.82) is 0 Å². The van der Waals surface area contributed by atoms with Gasteiger partial charge in [0.15, 0.2) is 0 Å². The van der Waals surface area contributed by atoms with Gasteiger partial charge in [0.1, 0.15) is 0 Å². The molecule has 1 heteroatoms.